The molecule has 0 saturated carbocycles. The quantitative estimate of drug-likeness (QED) is 0.147. The van der Waals surface area contributed by atoms with Crippen molar-refractivity contribution >= 4 is 28.1 Å². The maximum absolute atomic E-state index is 13.3. The molecule has 1 aromatic heterocycles. The van der Waals surface area contributed by atoms with E-state index < -0.39 is 0 Å². The van der Waals surface area contributed by atoms with E-state index in [4.69, 9.17) is 0 Å². The minimum absolute atomic E-state index is 0.0389. The highest BCUT2D eigenvalue weighted by atomic mass is 16.1. The fraction of sp³-hybridized carbons (Fsp3) is 0.325. The Morgan fingerprint density at radius 2 is 1.49 bits per heavy atom. The van der Waals surface area contributed by atoms with Crippen molar-refractivity contribution in [2.45, 2.75) is 66.7 Å². The number of aromatic nitrogens is 1. The van der Waals surface area contributed by atoms with Crippen molar-refractivity contribution in [3.05, 3.63) is 132 Å². The molecule has 5 rings (SSSR count). The molecule has 224 valence electrons. The van der Waals surface area contributed by atoms with Crippen LogP contribution in [0, 0.1) is 12.8 Å². The van der Waals surface area contributed by atoms with Crippen molar-refractivity contribution < 1.29 is 4.79 Å². The van der Waals surface area contributed by atoms with Gasteiger partial charge in [-0.05, 0) is 79.8 Å². The molecule has 1 saturated heterocycles. The van der Waals surface area contributed by atoms with E-state index in [1.54, 1.807) is 6.92 Å². The highest BCUT2D eigenvalue weighted by Gasteiger charge is 2.24. The minimum Gasteiger partial charge on any atom is -0.372 e. The molecule has 0 amide bonds. The standard InChI is InChI=1S/C37H40N2O.C3H8/c1-7-31-22-36-34(35(37(40)25(2)3)24-39(36)27(5)32-15-13-26(4)14-16-32)23-33(31)28(6)38-19-17-30(18-20-38)21-29-11-9-8-10-12-29;1-3-2/h8-16,22-24,30H,2,5-7,17-21H2,1,3-4H3;3H2,1-2H3. The van der Waals surface area contributed by atoms with Gasteiger partial charge in [-0.15, -0.1) is 0 Å². The number of allylic oxidation sites excluding steroid dienone is 1. The van der Waals surface area contributed by atoms with Gasteiger partial charge in [0, 0.05) is 47.2 Å². The lowest BCUT2D eigenvalue weighted by atomic mass is 9.89. The lowest BCUT2D eigenvalue weighted by Crippen LogP contribution is -2.33. The van der Waals surface area contributed by atoms with Crippen LogP contribution < -0.4 is 0 Å². The van der Waals surface area contributed by atoms with E-state index in [0.717, 1.165) is 72.2 Å². The predicted molar refractivity (Wildman–Crippen MR) is 186 cm³/mol. The number of fused-ring (bicyclic) bond motifs is 1. The highest BCUT2D eigenvalue weighted by Crippen LogP contribution is 2.35. The van der Waals surface area contributed by atoms with Gasteiger partial charge < -0.3 is 9.47 Å². The monoisotopic (exact) mass is 572 g/mol. The summed E-state index contributed by atoms with van der Waals surface area (Å²) in [5, 5.41) is 0.925. The van der Waals surface area contributed by atoms with Crippen LogP contribution in [0.15, 0.2) is 98.2 Å². The van der Waals surface area contributed by atoms with Crippen LogP contribution in [0.1, 0.15) is 85.1 Å². The van der Waals surface area contributed by atoms with Gasteiger partial charge in [-0.1, -0.05) is 107 Å². The Morgan fingerprint density at radius 1 is 0.860 bits per heavy atom. The van der Waals surface area contributed by atoms with Crippen molar-refractivity contribution in [2.75, 3.05) is 13.1 Å². The molecule has 0 aliphatic carbocycles. The van der Waals surface area contributed by atoms with Crippen LogP contribution in [-0.4, -0.2) is 28.3 Å². The van der Waals surface area contributed by atoms with Crippen molar-refractivity contribution in [2.24, 2.45) is 5.92 Å². The maximum Gasteiger partial charge on any atom is 0.190 e. The Bertz CT molecular complexity index is 1600. The summed E-state index contributed by atoms with van der Waals surface area (Å²) < 4.78 is 2.07. The molecule has 1 aliphatic heterocycles. The van der Waals surface area contributed by atoms with E-state index in [2.05, 4.69) is 124 Å². The zero-order chi connectivity index (χ0) is 31.1. The lowest BCUT2D eigenvalue weighted by Gasteiger charge is -2.35. The molecule has 0 unspecified atom stereocenters. The highest BCUT2D eigenvalue weighted by molar-refractivity contribution is 6.16. The molecule has 2 heterocycles. The van der Waals surface area contributed by atoms with E-state index >= 15 is 0 Å². The first-order chi connectivity index (χ1) is 20.7. The Labute approximate surface area is 259 Å². The number of hydrogen-bond donors (Lipinski definition) is 0. The molecule has 43 heavy (non-hydrogen) atoms. The van der Waals surface area contributed by atoms with E-state index in [1.165, 1.54) is 23.1 Å². The number of nitrogens with zero attached hydrogens (tertiary/aromatic N) is 2. The number of Topliss-reactive ketones (excluding diaryl/α,β-unsaturated/α-hetero) is 1. The number of piperidine rings is 1. The number of likely N-dealkylation sites (tertiary alicyclic amines) is 1. The van der Waals surface area contributed by atoms with Gasteiger partial charge in [0.2, 0.25) is 0 Å². The lowest BCUT2D eigenvalue weighted by molar-refractivity contribution is 0.103. The summed E-state index contributed by atoms with van der Waals surface area (Å²) >= 11 is 0. The van der Waals surface area contributed by atoms with Crippen molar-refractivity contribution in [3.8, 4) is 0 Å². The zero-order valence-corrected chi connectivity index (χ0v) is 26.9. The Balaban J connectivity index is 0.00000135. The smallest absolute Gasteiger partial charge is 0.190 e. The molecule has 0 N–H and O–H groups in total. The molecular formula is C40H48N2O. The second kappa shape index (κ2) is 14.4. The van der Waals surface area contributed by atoms with Crippen molar-refractivity contribution in [1.29, 1.82) is 0 Å². The molecule has 3 heteroatoms. The van der Waals surface area contributed by atoms with Crippen molar-refractivity contribution in [3.63, 3.8) is 0 Å². The third-order valence-corrected chi connectivity index (χ3v) is 8.39. The van der Waals surface area contributed by atoms with E-state index in [9.17, 15) is 4.79 Å². The van der Waals surface area contributed by atoms with E-state index in [-0.39, 0.29) is 5.78 Å². The molecule has 4 aromatic rings. The SMILES string of the molecule is C=C(C)C(=O)c1cn(C(=C)c2ccc(C)cc2)c2cc(CC)c(C(=C)N3CCC(Cc4ccccc4)CC3)cc12.CCC. The van der Waals surface area contributed by atoms with Gasteiger partial charge >= 0.3 is 0 Å². The maximum atomic E-state index is 13.3. The Morgan fingerprint density at radius 3 is 2.07 bits per heavy atom. The number of carbonyl (C=O) groups excluding carboxylic acids is 1. The van der Waals surface area contributed by atoms with Crippen LogP contribution in [0.25, 0.3) is 22.3 Å². The predicted octanol–water partition coefficient (Wildman–Crippen LogP) is 10.1. The average Bonchev–Trinajstić information content (AvgIpc) is 3.39. The Hall–Kier alpha value is -4.11. The Kier molecular flexibility index (Phi) is 10.6. The first kappa shape index (κ1) is 31.8. The summed E-state index contributed by atoms with van der Waals surface area (Å²) in [6.07, 6.45) is 7.51. The largest absolute Gasteiger partial charge is 0.372 e. The summed E-state index contributed by atoms with van der Waals surface area (Å²) in [7, 11) is 0. The van der Waals surface area contributed by atoms with Gasteiger partial charge in [-0.3, -0.25) is 4.79 Å². The van der Waals surface area contributed by atoms with Crippen molar-refractivity contribution in [1.82, 2.24) is 9.47 Å². The molecule has 1 aliphatic rings. The number of carbonyl (C=O) groups is 1. The third kappa shape index (κ3) is 7.28. The zero-order valence-electron chi connectivity index (χ0n) is 26.9. The number of benzene rings is 3. The summed E-state index contributed by atoms with van der Waals surface area (Å²) in [4.78, 5) is 15.8. The van der Waals surface area contributed by atoms with Gasteiger partial charge in [0.15, 0.2) is 5.78 Å². The normalized spacial score (nSPS) is 13.4. The van der Waals surface area contributed by atoms with Crippen LogP contribution in [0.2, 0.25) is 0 Å². The average molecular weight is 573 g/mol. The van der Waals surface area contributed by atoms with Crippen LogP contribution in [0.4, 0.5) is 0 Å². The molecule has 0 radical (unpaired) electrons. The summed E-state index contributed by atoms with van der Waals surface area (Å²) in [6, 6.07) is 23.6. The van der Waals surface area contributed by atoms with Gasteiger partial charge in [0.25, 0.3) is 0 Å². The minimum atomic E-state index is -0.0389. The van der Waals surface area contributed by atoms with E-state index in [1.807, 2.05) is 6.20 Å². The van der Waals surface area contributed by atoms with Gasteiger partial charge in [-0.25, -0.2) is 0 Å². The van der Waals surface area contributed by atoms with E-state index in [0.29, 0.717) is 17.1 Å². The summed E-state index contributed by atoms with van der Waals surface area (Å²) in [5.74, 6) is 0.657. The second-order valence-corrected chi connectivity index (χ2v) is 12.0. The van der Waals surface area contributed by atoms with Crippen LogP contribution in [0.5, 0.6) is 0 Å². The summed E-state index contributed by atoms with van der Waals surface area (Å²) in [6.45, 7) is 25.2. The van der Waals surface area contributed by atoms with Crippen LogP contribution in [-0.2, 0) is 12.8 Å². The van der Waals surface area contributed by atoms with Gasteiger partial charge in [-0.2, -0.15) is 0 Å². The molecule has 0 bridgehead atoms. The number of aryl methyl sites for hydroxylation is 2. The number of ketones is 1. The van der Waals surface area contributed by atoms with Gasteiger partial charge in [0.1, 0.15) is 0 Å². The van der Waals surface area contributed by atoms with Crippen LogP contribution >= 0.6 is 0 Å². The molecule has 0 spiro atoms. The number of rotatable bonds is 9. The fourth-order valence-electron chi connectivity index (χ4n) is 5.92. The first-order valence-electron chi connectivity index (χ1n) is 15.8. The van der Waals surface area contributed by atoms with Gasteiger partial charge in [0.05, 0.1) is 5.52 Å². The molecule has 3 aromatic carbocycles. The molecule has 1 fully saturated rings. The number of hydrogen-bond acceptors (Lipinski definition) is 2. The fourth-order valence-corrected chi connectivity index (χ4v) is 5.92. The second-order valence-electron chi connectivity index (χ2n) is 12.0. The molecule has 0 atom stereocenters. The first-order valence-corrected chi connectivity index (χ1v) is 15.8. The third-order valence-electron chi connectivity index (χ3n) is 8.39. The molecule has 3 nitrogen and oxygen atoms in total. The molecular weight excluding hydrogens is 524 g/mol. The summed E-state index contributed by atoms with van der Waals surface area (Å²) in [5.41, 5.74) is 10.1. The van der Waals surface area contributed by atoms with Crippen LogP contribution in [0.3, 0.4) is 0 Å². The topological polar surface area (TPSA) is 25.2 Å².